The second kappa shape index (κ2) is 11.2. The number of nitrogens with zero attached hydrogens (tertiary/aromatic N) is 1. The number of benzene rings is 7. The van der Waals surface area contributed by atoms with Crippen LogP contribution in [-0.4, -0.2) is 0 Å². The molecule has 0 saturated heterocycles. The van der Waals surface area contributed by atoms with Crippen LogP contribution >= 0.6 is 0 Å². The van der Waals surface area contributed by atoms with Gasteiger partial charge in [0.25, 0.3) is 0 Å². The Morgan fingerprint density at radius 2 is 1.19 bits per heavy atom. The average Bonchev–Trinajstić information content (AvgIpc) is 3.78. The molecule has 0 atom stereocenters. The van der Waals surface area contributed by atoms with E-state index in [-0.39, 0.29) is 10.8 Å². The molecule has 8 aromatic rings. The van der Waals surface area contributed by atoms with Gasteiger partial charge in [-0.15, -0.1) is 0 Å². The summed E-state index contributed by atoms with van der Waals surface area (Å²) >= 11 is 0. The van der Waals surface area contributed by atoms with Crippen molar-refractivity contribution in [3.63, 3.8) is 0 Å². The smallest absolute Gasteiger partial charge is 0.136 e. The number of para-hydroxylation sites is 1. The van der Waals surface area contributed by atoms with E-state index in [4.69, 9.17) is 4.42 Å². The molecule has 0 saturated carbocycles. The predicted octanol–water partition coefficient (Wildman–Crippen LogP) is 14.6. The van der Waals surface area contributed by atoms with Crippen LogP contribution < -0.4 is 4.90 Å². The zero-order valence-corrected chi connectivity index (χ0v) is 31.2. The third-order valence-corrected chi connectivity index (χ3v) is 12.7. The summed E-state index contributed by atoms with van der Waals surface area (Å²) < 4.78 is 6.46. The second-order valence-corrected chi connectivity index (χ2v) is 16.4. The molecule has 2 nitrogen and oxygen atoms in total. The highest BCUT2D eigenvalue weighted by Gasteiger charge is 2.41. The molecular weight excluding hydrogens is 655 g/mol. The van der Waals surface area contributed by atoms with E-state index in [0.717, 1.165) is 35.1 Å². The molecule has 260 valence electrons. The number of furan rings is 1. The Morgan fingerprint density at radius 1 is 0.500 bits per heavy atom. The molecule has 0 N–H and O–H groups in total. The number of anilines is 3. The van der Waals surface area contributed by atoms with Crippen molar-refractivity contribution in [1.82, 2.24) is 0 Å². The lowest BCUT2D eigenvalue weighted by Crippen LogP contribution is -2.17. The predicted molar refractivity (Wildman–Crippen MR) is 227 cm³/mol. The van der Waals surface area contributed by atoms with Crippen LogP contribution in [0, 0.1) is 0 Å². The van der Waals surface area contributed by atoms with Gasteiger partial charge < -0.3 is 9.32 Å². The molecule has 1 heterocycles. The number of hydrogen-bond acceptors (Lipinski definition) is 2. The molecule has 3 aliphatic rings. The van der Waals surface area contributed by atoms with Crippen LogP contribution in [0.2, 0.25) is 0 Å². The molecule has 0 aliphatic heterocycles. The summed E-state index contributed by atoms with van der Waals surface area (Å²) in [7, 11) is 0. The quantitative estimate of drug-likeness (QED) is 0.182. The monoisotopic (exact) mass is 695 g/mol. The van der Waals surface area contributed by atoms with Crippen LogP contribution in [0.4, 0.5) is 17.1 Å². The molecule has 2 heteroatoms. The van der Waals surface area contributed by atoms with Crippen LogP contribution in [0.1, 0.15) is 62.8 Å². The summed E-state index contributed by atoms with van der Waals surface area (Å²) in [4.78, 5) is 2.51. The van der Waals surface area contributed by atoms with Gasteiger partial charge in [-0.3, -0.25) is 0 Å². The van der Waals surface area contributed by atoms with E-state index in [2.05, 4.69) is 178 Å². The Balaban J connectivity index is 1.11. The number of fused-ring (bicyclic) bond motifs is 11. The first-order chi connectivity index (χ1) is 26.3. The van der Waals surface area contributed by atoms with E-state index < -0.39 is 0 Å². The fourth-order valence-electron chi connectivity index (χ4n) is 10.1. The Labute approximate surface area is 316 Å². The largest absolute Gasteiger partial charge is 0.456 e. The first-order valence-electron chi connectivity index (χ1n) is 19.3. The average molecular weight is 696 g/mol. The fraction of sp³-hybridized carbons (Fsp3) is 0.154. The molecule has 0 bridgehead atoms. The van der Waals surface area contributed by atoms with Gasteiger partial charge in [0.15, 0.2) is 0 Å². The van der Waals surface area contributed by atoms with Crippen LogP contribution in [0.15, 0.2) is 162 Å². The van der Waals surface area contributed by atoms with Crippen LogP contribution in [-0.2, 0) is 10.8 Å². The fourth-order valence-corrected chi connectivity index (χ4v) is 10.1. The number of hydrogen-bond donors (Lipinski definition) is 0. The summed E-state index contributed by atoms with van der Waals surface area (Å²) in [6.45, 7) is 9.53. The Kier molecular flexibility index (Phi) is 6.51. The summed E-state index contributed by atoms with van der Waals surface area (Å²) in [5, 5.41) is 4.79. The zero-order chi connectivity index (χ0) is 36.3. The van der Waals surface area contributed by atoms with Gasteiger partial charge in [0.05, 0.1) is 5.69 Å². The van der Waals surface area contributed by atoms with Crippen molar-refractivity contribution in [3.05, 3.63) is 180 Å². The van der Waals surface area contributed by atoms with Crippen LogP contribution in [0.3, 0.4) is 0 Å². The van der Waals surface area contributed by atoms with Crippen molar-refractivity contribution >= 4 is 55.3 Å². The molecule has 7 aromatic carbocycles. The third-order valence-electron chi connectivity index (χ3n) is 12.7. The van der Waals surface area contributed by atoms with Crippen molar-refractivity contribution in [2.75, 3.05) is 4.90 Å². The van der Waals surface area contributed by atoms with E-state index in [1.807, 2.05) is 6.07 Å². The summed E-state index contributed by atoms with van der Waals surface area (Å²) in [5.74, 6) is 0. The van der Waals surface area contributed by atoms with E-state index >= 15 is 0 Å². The number of allylic oxidation sites excluding steroid dienone is 4. The Morgan fingerprint density at radius 3 is 2.04 bits per heavy atom. The minimum atomic E-state index is -0.101. The normalized spacial score (nSPS) is 16.1. The van der Waals surface area contributed by atoms with Crippen molar-refractivity contribution < 1.29 is 4.42 Å². The molecule has 0 radical (unpaired) electrons. The van der Waals surface area contributed by atoms with Gasteiger partial charge in [-0.2, -0.15) is 0 Å². The maximum atomic E-state index is 6.46. The first kappa shape index (κ1) is 31.4. The van der Waals surface area contributed by atoms with Gasteiger partial charge in [0, 0.05) is 38.5 Å². The van der Waals surface area contributed by atoms with Crippen molar-refractivity contribution in [2.24, 2.45) is 0 Å². The third kappa shape index (κ3) is 4.28. The van der Waals surface area contributed by atoms with Crippen LogP contribution in [0.25, 0.3) is 60.5 Å². The number of rotatable bonds is 4. The molecule has 54 heavy (non-hydrogen) atoms. The van der Waals surface area contributed by atoms with Gasteiger partial charge in [-0.05, 0) is 116 Å². The molecule has 0 spiro atoms. The summed E-state index contributed by atoms with van der Waals surface area (Å²) in [6, 6.07) is 51.6. The SMILES string of the molecule is CC1(C)C2=CCCC=C2c2c(N(c3ccc(-c4cc5oc6ccccc6c5c5ccccc45)cc3)c3ccc4c(c3)C(C)(C)c3ccccc3-4)cccc21. The van der Waals surface area contributed by atoms with Gasteiger partial charge >= 0.3 is 0 Å². The lowest BCUT2D eigenvalue weighted by molar-refractivity contribution is 0.654. The second-order valence-electron chi connectivity index (χ2n) is 16.4. The molecule has 3 aliphatic carbocycles. The minimum Gasteiger partial charge on any atom is -0.456 e. The van der Waals surface area contributed by atoms with Crippen molar-refractivity contribution in [1.29, 1.82) is 0 Å². The molecule has 11 rings (SSSR count). The van der Waals surface area contributed by atoms with E-state index in [1.165, 1.54) is 83.2 Å². The lowest BCUT2D eigenvalue weighted by atomic mass is 9.80. The molecule has 1 aromatic heterocycles. The molecule has 0 unspecified atom stereocenters. The van der Waals surface area contributed by atoms with Crippen LogP contribution in [0.5, 0.6) is 0 Å². The minimum absolute atomic E-state index is 0.0505. The summed E-state index contributed by atoms with van der Waals surface area (Å²) in [5.41, 5.74) is 18.7. The van der Waals surface area contributed by atoms with Gasteiger partial charge in [-0.1, -0.05) is 137 Å². The topological polar surface area (TPSA) is 16.4 Å². The van der Waals surface area contributed by atoms with E-state index in [9.17, 15) is 0 Å². The highest BCUT2D eigenvalue weighted by atomic mass is 16.3. The maximum Gasteiger partial charge on any atom is 0.136 e. The lowest BCUT2D eigenvalue weighted by Gasteiger charge is -2.30. The molecule has 0 fully saturated rings. The highest BCUT2D eigenvalue weighted by Crippen LogP contribution is 2.57. The van der Waals surface area contributed by atoms with Crippen molar-refractivity contribution in [2.45, 2.75) is 51.4 Å². The standard InChI is InChI=1S/C52H41NO/c1-51(2)43-20-11-8-17-39(43)50-44(51)21-13-22-46(50)53(34-28-29-37-36-15-7-10-19-42(36)52(3,4)45(37)30-34)33-26-24-32(25-27-33)41-31-48-49(38-16-6-5-14-35(38)41)40-18-9-12-23-47(40)54-48/h5-7,9-10,12-31H,8,11H2,1-4H3. The Hall–Kier alpha value is -6.12. The maximum absolute atomic E-state index is 6.46. The van der Waals surface area contributed by atoms with Gasteiger partial charge in [0.2, 0.25) is 0 Å². The van der Waals surface area contributed by atoms with Crippen molar-refractivity contribution in [3.8, 4) is 22.3 Å². The summed E-state index contributed by atoms with van der Waals surface area (Å²) in [6.07, 6.45) is 7.14. The highest BCUT2D eigenvalue weighted by molar-refractivity contribution is 6.22. The first-order valence-corrected chi connectivity index (χ1v) is 19.3. The van der Waals surface area contributed by atoms with Gasteiger partial charge in [-0.25, -0.2) is 0 Å². The van der Waals surface area contributed by atoms with Gasteiger partial charge in [0.1, 0.15) is 11.2 Å². The Bertz CT molecular complexity index is 2930. The molecular formula is C52H41NO. The van der Waals surface area contributed by atoms with E-state index in [0.29, 0.717) is 0 Å². The molecule has 0 amide bonds. The van der Waals surface area contributed by atoms with E-state index in [1.54, 1.807) is 0 Å². The zero-order valence-electron chi connectivity index (χ0n) is 31.2.